The van der Waals surface area contributed by atoms with E-state index in [9.17, 15) is 23.2 Å². The molecule has 1 aliphatic heterocycles. The smallest absolute Gasteiger partial charge is 0.258 e. The third kappa shape index (κ3) is 2.66. The molecule has 1 unspecified atom stereocenters. The number of hydrogen-bond donors (Lipinski definition) is 0. The first-order valence-electron chi connectivity index (χ1n) is 7.71. The maximum atomic E-state index is 14.1. The molecule has 0 aliphatic carbocycles. The molecule has 1 amide bonds. The summed E-state index contributed by atoms with van der Waals surface area (Å²) in [4.78, 5) is 13.8. The average molecular weight is 344 g/mol. The molecular weight excluding hydrogens is 329 g/mol. The lowest BCUT2D eigenvalue weighted by atomic mass is 9.84. The van der Waals surface area contributed by atoms with Gasteiger partial charge >= 0.3 is 0 Å². The Kier molecular flexibility index (Phi) is 4.03. The van der Waals surface area contributed by atoms with Crippen LogP contribution in [-0.2, 0) is 5.41 Å². The lowest BCUT2D eigenvalue weighted by Gasteiger charge is -2.32. The Balaban J connectivity index is 2.03. The quantitative estimate of drug-likeness (QED) is 0.787. The molecule has 25 heavy (non-hydrogen) atoms. The predicted octanol–water partition coefficient (Wildman–Crippen LogP) is 4.10. The van der Waals surface area contributed by atoms with Crippen LogP contribution in [-0.4, -0.2) is 17.4 Å². The van der Waals surface area contributed by atoms with Gasteiger partial charge in [-0.2, -0.15) is 5.26 Å². The fraction of sp³-hybridized carbons (Fsp3) is 0.263. The Morgan fingerprint density at radius 2 is 1.80 bits per heavy atom. The van der Waals surface area contributed by atoms with Gasteiger partial charge in [0.25, 0.3) is 5.91 Å². The average Bonchev–Trinajstić information content (AvgIpc) is 2.84. The van der Waals surface area contributed by atoms with Gasteiger partial charge in [0, 0.05) is 17.5 Å². The van der Waals surface area contributed by atoms with Crippen molar-refractivity contribution in [2.45, 2.75) is 25.3 Å². The Morgan fingerprint density at radius 3 is 2.40 bits per heavy atom. The van der Waals surface area contributed by atoms with Crippen molar-refractivity contribution < 1.29 is 18.0 Å². The number of nitriles is 1. The third-order valence-electron chi connectivity index (χ3n) is 4.52. The molecule has 3 nitrogen and oxygen atoms in total. The van der Waals surface area contributed by atoms with E-state index < -0.39 is 40.4 Å². The molecule has 6 heteroatoms. The summed E-state index contributed by atoms with van der Waals surface area (Å²) in [5.41, 5.74) is -0.308. The van der Waals surface area contributed by atoms with Crippen molar-refractivity contribution in [2.75, 3.05) is 6.54 Å². The summed E-state index contributed by atoms with van der Waals surface area (Å²) in [6.45, 7) is 3.86. The SMILES string of the molecule is CC(C)(CN1C(=O)c2c(cc(F)c(F)c2F)C1C#N)c1ccccc1. The van der Waals surface area contributed by atoms with Crippen molar-refractivity contribution in [3.63, 3.8) is 0 Å². The fourth-order valence-electron chi connectivity index (χ4n) is 3.18. The van der Waals surface area contributed by atoms with Crippen molar-refractivity contribution in [3.8, 4) is 6.07 Å². The molecule has 1 aliphatic rings. The van der Waals surface area contributed by atoms with Gasteiger partial charge in [-0.3, -0.25) is 4.79 Å². The zero-order chi connectivity index (χ0) is 18.4. The molecule has 128 valence electrons. The van der Waals surface area contributed by atoms with Gasteiger partial charge in [0.15, 0.2) is 17.5 Å². The summed E-state index contributed by atoms with van der Waals surface area (Å²) in [5.74, 6) is -5.45. The summed E-state index contributed by atoms with van der Waals surface area (Å²) in [6, 6.07) is 10.8. The van der Waals surface area contributed by atoms with Crippen molar-refractivity contribution in [2.24, 2.45) is 0 Å². The van der Waals surface area contributed by atoms with Crippen LogP contribution in [0.5, 0.6) is 0 Å². The molecule has 2 aromatic rings. The largest absolute Gasteiger partial charge is 0.318 e. The van der Waals surface area contributed by atoms with Crippen molar-refractivity contribution in [1.82, 2.24) is 4.90 Å². The maximum absolute atomic E-state index is 14.1. The van der Waals surface area contributed by atoms with E-state index in [1.807, 2.05) is 50.2 Å². The monoisotopic (exact) mass is 344 g/mol. The van der Waals surface area contributed by atoms with Gasteiger partial charge in [-0.1, -0.05) is 44.2 Å². The predicted molar refractivity (Wildman–Crippen MR) is 85.2 cm³/mol. The van der Waals surface area contributed by atoms with Crippen LogP contribution < -0.4 is 0 Å². The normalized spacial score (nSPS) is 16.7. The summed E-state index contributed by atoms with van der Waals surface area (Å²) >= 11 is 0. The Bertz CT molecular complexity index is 888. The van der Waals surface area contributed by atoms with E-state index >= 15 is 0 Å². The first-order valence-corrected chi connectivity index (χ1v) is 7.71. The van der Waals surface area contributed by atoms with Crippen LogP contribution >= 0.6 is 0 Å². The van der Waals surface area contributed by atoms with E-state index in [-0.39, 0.29) is 12.1 Å². The highest BCUT2D eigenvalue weighted by Gasteiger charge is 2.43. The molecule has 0 radical (unpaired) electrons. The number of halogens is 3. The Hall–Kier alpha value is -2.81. The molecule has 2 aromatic carbocycles. The minimum Gasteiger partial charge on any atom is -0.318 e. The first-order chi connectivity index (χ1) is 11.8. The van der Waals surface area contributed by atoms with Crippen molar-refractivity contribution >= 4 is 5.91 Å². The van der Waals surface area contributed by atoms with Crippen molar-refractivity contribution in [3.05, 3.63) is 70.5 Å². The summed E-state index contributed by atoms with van der Waals surface area (Å²) in [5, 5.41) is 9.44. The van der Waals surface area contributed by atoms with Gasteiger partial charge in [-0.15, -0.1) is 0 Å². The van der Waals surface area contributed by atoms with Crippen LogP contribution in [0, 0.1) is 28.8 Å². The molecule has 0 bridgehead atoms. The second-order valence-corrected chi connectivity index (χ2v) is 6.67. The molecule has 0 aromatic heterocycles. The van der Waals surface area contributed by atoms with E-state index in [1.54, 1.807) is 0 Å². The Morgan fingerprint density at radius 1 is 1.16 bits per heavy atom. The van der Waals surface area contributed by atoms with Crippen LogP contribution in [0.25, 0.3) is 0 Å². The number of hydrogen-bond acceptors (Lipinski definition) is 2. The second-order valence-electron chi connectivity index (χ2n) is 6.67. The van der Waals surface area contributed by atoms with Crippen LogP contribution in [0.3, 0.4) is 0 Å². The number of carbonyl (C=O) groups is 1. The van der Waals surface area contributed by atoms with E-state index in [1.165, 1.54) is 4.90 Å². The molecule has 1 atom stereocenters. The highest BCUT2D eigenvalue weighted by molar-refractivity contribution is 6.00. The van der Waals surface area contributed by atoms with Crippen LogP contribution in [0.2, 0.25) is 0 Å². The zero-order valence-electron chi connectivity index (χ0n) is 13.7. The molecule has 0 saturated carbocycles. The number of carbonyl (C=O) groups excluding carboxylic acids is 1. The topological polar surface area (TPSA) is 44.1 Å². The van der Waals surface area contributed by atoms with Crippen LogP contribution in [0.1, 0.15) is 41.4 Å². The van der Waals surface area contributed by atoms with E-state index in [2.05, 4.69) is 0 Å². The first kappa shape index (κ1) is 17.0. The number of benzene rings is 2. The van der Waals surface area contributed by atoms with Crippen LogP contribution in [0.4, 0.5) is 13.2 Å². The fourth-order valence-corrected chi connectivity index (χ4v) is 3.18. The number of nitrogens with zero attached hydrogens (tertiary/aromatic N) is 2. The van der Waals surface area contributed by atoms with Crippen LogP contribution in [0.15, 0.2) is 36.4 Å². The molecule has 3 rings (SSSR count). The lowest BCUT2D eigenvalue weighted by Crippen LogP contribution is -2.39. The summed E-state index contributed by atoms with van der Waals surface area (Å²) in [7, 11) is 0. The third-order valence-corrected chi connectivity index (χ3v) is 4.52. The van der Waals surface area contributed by atoms with Gasteiger partial charge in [-0.05, 0) is 11.6 Å². The van der Waals surface area contributed by atoms with E-state index in [4.69, 9.17) is 0 Å². The number of amides is 1. The van der Waals surface area contributed by atoms with Gasteiger partial charge in [0.05, 0.1) is 11.6 Å². The number of rotatable bonds is 3. The summed E-state index contributed by atoms with van der Waals surface area (Å²) < 4.78 is 41.1. The van der Waals surface area contributed by atoms with Gasteiger partial charge in [0.2, 0.25) is 0 Å². The maximum Gasteiger partial charge on any atom is 0.258 e. The van der Waals surface area contributed by atoms with Crippen molar-refractivity contribution in [1.29, 1.82) is 5.26 Å². The standard InChI is InChI=1S/C19H15F3N2O/c1-19(2,11-6-4-3-5-7-11)10-24-14(9-23)12-8-13(20)16(21)17(22)15(12)18(24)25/h3-8,14H,10H2,1-2H3. The van der Waals surface area contributed by atoms with Gasteiger partial charge in [0.1, 0.15) is 6.04 Å². The number of fused-ring (bicyclic) bond motifs is 1. The zero-order valence-corrected chi connectivity index (χ0v) is 13.7. The highest BCUT2D eigenvalue weighted by atomic mass is 19.2. The molecule has 1 heterocycles. The lowest BCUT2D eigenvalue weighted by molar-refractivity contribution is 0.0718. The molecule has 0 N–H and O–H groups in total. The minimum atomic E-state index is -1.70. The Labute approximate surface area is 143 Å². The minimum absolute atomic E-state index is 0.103. The van der Waals surface area contributed by atoms with E-state index in [0.29, 0.717) is 0 Å². The molecular formula is C19H15F3N2O. The molecule has 0 spiro atoms. The molecule has 0 fully saturated rings. The second kappa shape index (κ2) is 5.92. The van der Waals surface area contributed by atoms with Gasteiger partial charge < -0.3 is 4.90 Å². The summed E-state index contributed by atoms with van der Waals surface area (Å²) in [6.07, 6.45) is 0. The van der Waals surface area contributed by atoms with Gasteiger partial charge in [-0.25, -0.2) is 13.2 Å². The molecule has 0 saturated heterocycles. The highest BCUT2D eigenvalue weighted by Crippen LogP contribution is 2.39. The van der Waals surface area contributed by atoms with E-state index in [0.717, 1.165) is 11.6 Å².